The van der Waals surface area contributed by atoms with E-state index in [9.17, 15) is 4.79 Å². The van der Waals surface area contributed by atoms with Crippen molar-refractivity contribution in [3.63, 3.8) is 0 Å². The Kier molecular flexibility index (Phi) is 14.3. The number of nitrogens with zero attached hydrogens (tertiary/aromatic N) is 1. The summed E-state index contributed by atoms with van der Waals surface area (Å²) < 4.78 is 4.73. The van der Waals surface area contributed by atoms with Crippen LogP contribution in [0.15, 0.2) is 0 Å². The van der Waals surface area contributed by atoms with Gasteiger partial charge in [0.1, 0.15) is 0 Å². The Morgan fingerprint density at radius 1 is 1.55 bits per heavy atom. The Balaban J connectivity index is 0. The molecule has 0 bridgehead atoms. The van der Waals surface area contributed by atoms with E-state index in [1.807, 2.05) is 6.92 Å². The molecule has 0 spiro atoms. The first-order valence-corrected chi connectivity index (χ1v) is 3.49. The maximum absolute atomic E-state index is 9.43. The fraction of sp³-hybridized carbons (Fsp3) is 0.857. The van der Waals surface area contributed by atoms with E-state index < -0.39 is 0 Å². The summed E-state index contributed by atoms with van der Waals surface area (Å²) in [6.45, 7) is 3.20. The van der Waals surface area contributed by atoms with Crippen LogP contribution in [0, 0.1) is 0 Å². The minimum absolute atomic E-state index is 0.133. The highest BCUT2D eigenvalue weighted by atomic mass is 16.5. The summed E-state index contributed by atoms with van der Waals surface area (Å²) in [5.74, 6) is 0. The van der Waals surface area contributed by atoms with Crippen molar-refractivity contribution in [1.29, 1.82) is 0 Å². The Hall–Kier alpha value is -0.610. The summed E-state index contributed by atoms with van der Waals surface area (Å²) in [4.78, 5) is 10.9. The zero-order valence-electron chi connectivity index (χ0n) is 7.41. The summed E-state index contributed by atoms with van der Waals surface area (Å²) in [7, 11) is 3.38. The van der Waals surface area contributed by atoms with Crippen LogP contribution in [-0.4, -0.2) is 50.3 Å². The summed E-state index contributed by atoms with van der Waals surface area (Å²) in [5.41, 5.74) is 0. The van der Waals surface area contributed by atoms with Crippen LogP contribution in [0.3, 0.4) is 0 Å². The molecule has 0 aliphatic carbocycles. The van der Waals surface area contributed by atoms with E-state index >= 15 is 0 Å². The van der Waals surface area contributed by atoms with Crippen LogP contribution in [-0.2, 0) is 9.53 Å². The number of rotatable bonds is 4. The summed E-state index contributed by atoms with van der Waals surface area (Å²) in [6.07, 6.45) is 0.750. The maximum Gasteiger partial charge on any atom is 0.209 e. The monoisotopic (exact) mass is 163 g/mol. The molecule has 0 saturated heterocycles. The molecule has 0 aliphatic rings. The van der Waals surface area contributed by atoms with E-state index in [4.69, 9.17) is 9.84 Å². The maximum atomic E-state index is 9.43. The zero-order valence-corrected chi connectivity index (χ0v) is 7.41. The lowest BCUT2D eigenvalue weighted by Crippen LogP contribution is -2.06. The Bertz CT molecular complexity index is 72.1. The molecule has 4 nitrogen and oxygen atoms in total. The van der Waals surface area contributed by atoms with E-state index in [-0.39, 0.29) is 6.61 Å². The highest BCUT2D eigenvalue weighted by Crippen LogP contribution is 1.66. The second-order valence-electron chi connectivity index (χ2n) is 1.99. The molecular formula is C7H17NO3. The fourth-order valence-electron chi connectivity index (χ4n) is 0.209. The predicted molar refractivity (Wildman–Crippen MR) is 43.3 cm³/mol. The first-order chi connectivity index (χ1) is 5.18. The summed E-state index contributed by atoms with van der Waals surface area (Å²) in [6, 6.07) is 0. The fourth-order valence-corrected chi connectivity index (χ4v) is 0.209. The van der Waals surface area contributed by atoms with Gasteiger partial charge in [-0.25, -0.2) is 0 Å². The molecule has 11 heavy (non-hydrogen) atoms. The van der Waals surface area contributed by atoms with Gasteiger partial charge in [0.05, 0.1) is 13.2 Å². The van der Waals surface area contributed by atoms with Gasteiger partial charge in [-0.15, -0.1) is 0 Å². The number of amides is 1. The van der Waals surface area contributed by atoms with Gasteiger partial charge >= 0.3 is 0 Å². The van der Waals surface area contributed by atoms with Crippen LogP contribution in [0.1, 0.15) is 6.92 Å². The van der Waals surface area contributed by atoms with Gasteiger partial charge in [-0.3, -0.25) is 4.79 Å². The summed E-state index contributed by atoms with van der Waals surface area (Å²) in [5, 5.41) is 8.07. The van der Waals surface area contributed by atoms with Crippen LogP contribution in [0.2, 0.25) is 0 Å². The molecule has 0 rings (SSSR count). The molecule has 1 amide bonds. The molecule has 0 aromatic rings. The average Bonchev–Trinajstić information content (AvgIpc) is 2.02. The molecule has 0 aliphatic heterocycles. The third-order valence-electron chi connectivity index (χ3n) is 0.651. The number of aliphatic hydroxyl groups is 1. The normalized spacial score (nSPS) is 8.00. The lowest BCUT2D eigenvalue weighted by Gasteiger charge is -1.93. The molecule has 0 aromatic heterocycles. The van der Waals surface area contributed by atoms with Crippen LogP contribution >= 0.6 is 0 Å². The van der Waals surface area contributed by atoms with Gasteiger partial charge in [0, 0.05) is 20.7 Å². The molecule has 0 saturated carbocycles. The molecule has 1 N–H and O–H groups in total. The molecule has 0 atom stereocenters. The first-order valence-electron chi connectivity index (χ1n) is 3.49. The van der Waals surface area contributed by atoms with Gasteiger partial charge in [0.15, 0.2) is 0 Å². The second kappa shape index (κ2) is 12.1. The molecule has 0 heterocycles. The predicted octanol–water partition coefficient (Wildman–Crippen LogP) is -0.280. The molecule has 4 heteroatoms. The van der Waals surface area contributed by atoms with Crippen molar-refractivity contribution in [3.05, 3.63) is 0 Å². The molecule has 0 radical (unpaired) electrons. The number of carbonyl (C=O) groups excluding carboxylic acids is 1. The van der Waals surface area contributed by atoms with Crippen molar-refractivity contribution in [2.24, 2.45) is 0 Å². The summed E-state index contributed by atoms with van der Waals surface area (Å²) >= 11 is 0. The molecule has 0 aromatic carbocycles. The van der Waals surface area contributed by atoms with E-state index in [1.165, 1.54) is 4.90 Å². The van der Waals surface area contributed by atoms with Gasteiger partial charge < -0.3 is 14.7 Å². The van der Waals surface area contributed by atoms with Crippen molar-refractivity contribution in [3.8, 4) is 0 Å². The Morgan fingerprint density at radius 2 is 2.00 bits per heavy atom. The van der Waals surface area contributed by atoms with Crippen molar-refractivity contribution in [2.45, 2.75) is 6.92 Å². The van der Waals surface area contributed by atoms with Gasteiger partial charge in [-0.2, -0.15) is 0 Å². The number of hydrogen-bond acceptors (Lipinski definition) is 3. The lowest BCUT2D eigenvalue weighted by molar-refractivity contribution is -0.115. The number of aliphatic hydroxyl groups excluding tert-OH is 1. The van der Waals surface area contributed by atoms with Gasteiger partial charge in [-0.1, -0.05) is 0 Å². The standard InChI is InChI=1S/C4H10O2.C3H7NO/c1-2-6-4-3-5;1-4(2)3-5/h5H,2-4H2,1H3;3H,1-2H3. The number of hydrogen-bond donors (Lipinski definition) is 1. The number of carbonyl (C=O) groups is 1. The van der Waals surface area contributed by atoms with Crippen molar-refractivity contribution in [2.75, 3.05) is 33.9 Å². The van der Waals surface area contributed by atoms with E-state index in [0.29, 0.717) is 13.2 Å². The molecule has 0 fully saturated rings. The molecule has 68 valence electrons. The Morgan fingerprint density at radius 3 is 2.09 bits per heavy atom. The largest absolute Gasteiger partial charge is 0.394 e. The SMILES string of the molecule is CCOCCO.CN(C)C=O. The van der Waals surface area contributed by atoms with Crippen LogP contribution in [0.25, 0.3) is 0 Å². The van der Waals surface area contributed by atoms with Crippen molar-refractivity contribution >= 4 is 6.41 Å². The second-order valence-corrected chi connectivity index (χ2v) is 1.99. The topological polar surface area (TPSA) is 49.8 Å². The Labute approximate surface area is 67.8 Å². The van der Waals surface area contributed by atoms with Gasteiger partial charge in [0.2, 0.25) is 6.41 Å². The van der Waals surface area contributed by atoms with E-state index in [1.54, 1.807) is 14.1 Å². The molecule has 0 unspecified atom stereocenters. The van der Waals surface area contributed by atoms with Crippen LogP contribution in [0.5, 0.6) is 0 Å². The highest BCUT2D eigenvalue weighted by Gasteiger charge is 1.73. The highest BCUT2D eigenvalue weighted by molar-refractivity contribution is 5.45. The van der Waals surface area contributed by atoms with Crippen molar-refractivity contribution in [1.82, 2.24) is 4.90 Å². The molecular weight excluding hydrogens is 146 g/mol. The third-order valence-corrected chi connectivity index (χ3v) is 0.651. The first kappa shape index (κ1) is 13.0. The van der Waals surface area contributed by atoms with Gasteiger partial charge in [0.25, 0.3) is 0 Å². The van der Waals surface area contributed by atoms with E-state index in [2.05, 4.69) is 0 Å². The third kappa shape index (κ3) is 26.6. The van der Waals surface area contributed by atoms with Crippen molar-refractivity contribution < 1.29 is 14.6 Å². The smallest absolute Gasteiger partial charge is 0.209 e. The minimum atomic E-state index is 0.133. The van der Waals surface area contributed by atoms with E-state index in [0.717, 1.165) is 6.41 Å². The lowest BCUT2D eigenvalue weighted by atomic mass is 10.8. The number of ether oxygens (including phenoxy) is 1. The van der Waals surface area contributed by atoms with Crippen LogP contribution in [0.4, 0.5) is 0 Å². The average molecular weight is 163 g/mol. The zero-order chi connectivity index (χ0) is 9.11. The van der Waals surface area contributed by atoms with Crippen LogP contribution < -0.4 is 0 Å². The van der Waals surface area contributed by atoms with Gasteiger partial charge in [-0.05, 0) is 6.92 Å². The quantitative estimate of drug-likeness (QED) is 0.458. The minimum Gasteiger partial charge on any atom is -0.394 e.